The first kappa shape index (κ1) is 27.9. The summed E-state index contributed by atoms with van der Waals surface area (Å²) < 4.78 is 7.60. The summed E-state index contributed by atoms with van der Waals surface area (Å²) in [5.41, 5.74) is 8.85. The number of thiophene rings is 1. The fourth-order valence-corrected chi connectivity index (χ4v) is 8.78. The van der Waals surface area contributed by atoms with Crippen LogP contribution in [0.4, 0.5) is 16.4 Å². The van der Waals surface area contributed by atoms with Gasteiger partial charge in [0.05, 0.1) is 5.69 Å². The largest absolute Gasteiger partial charge is 0.456 e. The van der Waals surface area contributed by atoms with Crippen molar-refractivity contribution in [2.75, 3.05) is 4.90 Å². The van der Waals surface area contributed by atoms with Crippen LogP contribution in [-0.4, -0.2) is 0 Å². The highest BCUT2D eigenvalue weighted by Crippen LogP contribution is 2.55. The third-order valence-corrected chi connectivity index (χ3v) is 10.8. The summed E-state index contributed by atoms with van der Waals surface area (Å²) in [6, 6.07) is 63.3. The Morgan fingerprint density at radius 2 is 0.918 bits per heavy atom. The van der Waals surface area contributed by atoms with E-state index in [2.05, 4.69) is 175 Å². The first-order chi connectivity index (χ1) is 24.3. The van der Waals surface area contributed by atoms with Crippen molar-refractivity contribution in [2.45, 2.75) is 0 Å². The molecule has 0 N–H and O–H groups in total. The molecule has 0 atom stereocenters. The molecule has 49 heavy (non-hydrogen) atoms. The van der Waals surface area contributed by atoms with Crippen molar-refractivity contribution >= 4 is 81.3 Å². The van der Waals surface area contributed by atoms with Crippen LogP contribution in [0.5, 0.6) is 0 Å². The molecule has 0 aliphatic carbocycles. The Bertz CT molecular complexity index is 2830. The third kappa shape index (κ3) is 4.40. The van der Waals surface area contributed by atoms with Gasteiger partial charge in [0.25, 0.3) is 0 Å². The van der Waals surface area contributed by atoms with Crippen LogP contribution < -0.4 is 4.90 Å². The molecule has 0 bridgehead atoms. The van der Waals surface area contributed by atoms with Gasteiger partial charge < -0.3 is 9.32 Å². The molecule has 0 radical (unpaired) electrons. The lowest BCUT2D eigenvalue weighted by atomic mass is 9.90. The van der Waals surface area contributed by atoms with Gasteiger partial charge in [0.15, 0.2) is 0 Å². The maximum atomic E-state index is 6.34. The van der Waals surface area contributed by atoms with Gasteiger partial charge in [-0.1, -0.05) is 146 Å². The van der Waals surface area contributed by atoms with Crippen LogP contribution in [0.25, 0.3) is 75.8 Å². The number of hydrogen-bond donors (Lipinski definition) is 0. The summed E-state index contributed by atoms with van der Waals surface area (Å²) in [4.78, 5) is 2.53. The van der Waals surface area contributed by atoms with Gasteiger partial charge >= 0.3 is 0 Å². The van der Waals surface area contributed by atoms with E-state index in [-0.39, 0.29) is 0 Å². The molecule has 2 nitrogen and oxygen atoms in total. The lowest BCUT2D eigenvalue weighted by Crippen LogP contribution is -2.12. The Kier molecular flexibility index (Phi) is 6.39. The normalized spacial score (nSPS) is 11.7. The summed E-state index contributed by atoms with van der Waals surface area (Å²) >= 11 is 1.85. The number of anilines is 3. The number of furan rings is 1. The van der Waals surface area contributed by atoms with Crippen LogP contribution in [0.3, 0.4) is 0 Å². The summed E-state index contributed by atoms with van der Waals surface area (Å²) in [7, 11) is 0. The predicted octanol–water partition coefficient (Wildman–Crippen LogP) is 13.9. The zero-order chi connectivity index (χ0) is 32.3. The predicted molar refractivity (Wildman–Crippen MR) is 210 cm³/mol. The van der Waals surface area contributed by atoms with E-state index in [0.717, 1.165) is 33.3 Å². The van der Waals surface area contributed by atoms with Crippen LogP contribution in [0.15, 0.2) is 180 Å². The summed E-state index contributed by atoms with van der Waals surface area (Å²) in [5.74, 6) is 0. The van der Waals surface area contributed by atoms with Crippen molar-refractivity contribution in [3.8, 4) is 22.3 Å². The molecule has 0 saturated heterocycles. The zero-order valence-electron chi connectivity index (χ0n) is 26.5. The van der Waals surface area contributed by atoms with E-state index in [1.165, 1.54) is 58.9 Å². The SMILES string of the molecule is c1ccc(-c2c(N(c3ccc4oc5ccccc5c4c3)c3c(-c4ccccc4)c4ccccc4c4ccccc34)sc3ccccc23)cc1. The van der Waals surface area contributed by atoms with Gasteiger partial charge in [-0.2, -0.15) is 0 Å². The molecule has 0 fully saturated rings. The standard InChI is InChI=1S/C46H29NOS/c1-3-15-30(16-4-1)43-36-22-9-7-19-33(36)34-20-8-10-23-37(34)45(43)47(32-27-28-41-39(29-32)35-21-11-13-25-40(35)48-41)46-44(31-17-5-2-6-18-31)38-24-12-14-26-42(38)49-46/h1-29H. The number of para-hydroxylation sites is 1. The monoisotopic (exact) mass is 643 g/mol. The minimum absolute atomic E-state index is 0.885. The fraction of sp³-hybridized carbons (Fsp3) is 0. The van der Waals surface area contributed by atoms with Gasteiger partial charge in [-0.05, 0) is 57.6 Å². The van der Waals surface area contributed by atoms with E-state index < -0.39 is 0 Å². The molecule has 2 aromatic heterocycles. The second-order valence-electron chi connectivity index (χ2n) is 12.4. The molecule has 0 aliphatic heterocycles. The van der Waals surface area contributed by atoms with Crippen molar-refractivity contribution in [1.29, 1.82) is 0 Å². The maximum absolute atomic E-state index is 6.34. The topological polar surface area (TPSA) is 16.4 Å². The van der Waals surface area contributed by atoms with E-state index in [1.54, 1.807) is 0 Å². The van der Waals surface area contributed by atoms with Crippen molar-refractivity contribution < 1.29 is 4.42 Å². The number of benzene rings is 8. The average Bonchev–Trinajstić information content (AvgIpc) is 3.74. The second kappa shape index (κ2) is 11.2. The van der Waals surface area contributed by atoms with E-state index in [9.17, 15) is 0 Å². The lowest BCUT2D eigenvalue weighted by molar-refractivity contribution is 0.669. The molecule has 0 saturated carbocycles. The highest BCUT2D eigenvalue weighted by molar-refractivity contribution is 7.23. The van der Waals surface area contributed by atoms with E-state index in [1.807, 2.05) is 17.4 Å². The summed E-state index contributed by atoms with van der Waals surface area (Å²) in [6.45, 7) is 0. The Labute approximate surface area is 287 Å². The van der Waals surface area contributed by atoms with Crippen molar-refractivity contribution in [3.63, 3.8) is 0 Å². The number of rotatable bonds is 5. The first-order valence-corrected chi connectivity index (χ1v) is 17.4. The van der Waals surface area contributed by atoms with Gasteiger partial charge in [0.2, 0.25) is 0 Å². The Morgan fingerprint density at radius 3 is 1.65 bits per heavy atom. The van der Waals surface area contributed by atoms with Crippen LogP contribution in [0.1, 0.15) is 0 Å². The molecule has 0 aliphatic rings. The second-order valence-corrected chi connectivity index (χ2v) is 13.5. The molecular weight excluding hydrogens is 615 g/mol. The molecule has 0 amide bonds. The molecule has 0 spiro atoms. The molecule has 3 heteroatoms. The van der Waals surface area contributed by atoms with Gasteiger partial charge in [-0.15, -0.1) is 11.3 Å². The molecule has 8 aromatic carbocycles. The fourth-order valence-electron chi connectivity index (χ4n) is 7.53. The maximum Gasteiger partial charge on any atom is 0.135 e. The van der Waals surface area contributed by atoms with E-state index >= 15 is 0 Å². The Balaban J connectivity index is 1.41. The molecular formula is C46H29NOS. The third-order valence-electron chi connectivity index (χ3n) is 9.65. The summed E-state index contributed by atoms with van der Waals surface area (Å²) in [5, 5.41) is 9.55. The molecule has 10 aromatic rings. The van der Waals surface area contributed by atoms with Crippen LogP contribution >= 0.6 is 11.3 Å². The zero-order valence-corrected chi connectivity index (χ0v) is 27.3. The van der Waals surface area contributed by atoms with Crippen molar-refractivity contribution in [3.05, 3.63) is 176 Å². The van der Waals surface area contributed by atoms with Gasteiger partial charge in [0.1, 0.15) is 16.2 Å². The lowest BCUT2D eigenvalue weighted by Gasteiger charge is -2.30. The van der Waals surface area contributed by atoms with E-state index in [4.69, 9.17) is 4.42 Å². The molecule has 10 rings (SSSR count). The van der Waals surface area contributed by atoms with Gasteiger partial charge in [-0.3, -0.25) is 0 Å². The minimum Gasteiger partial charge on any atom is -0.456 e. The smallest absolute Gasteiger partial charge is 0.135 e. The Hall–Kier alpha value is -6.16. The highest BCUT2D eigenvalue weighted by Gasteiger charge is 2.28. The molecule has 2 heterocycles. The summed E-state index contributed by atoms with van der Waals surface area (Å²) in [6.07, 6.45) is 0. The molecule has 230 valence electrons. The Morgan fingerprint density at radius 1 is 0.388 bits per heavy atom. The van der Waals surface area contributed by atoms with Gasteiger partial charge in [0, 0.05) is 43.1 Å². The van der Waals surface area contributed by atoms with Crippen LogP contribution in [0, 0.1) is 0 Å². The number of hydrogen-bond acceptors (Lipinski definition) is 3. The molecule has 0 unspecified atom stereocenters. The van der Waals surface area contributed by atoms with E-state index in [0.29, 0.717) is 0 Å². The van der Waals surface area contributed by atoms with Crippen molar-refractivity contribution in [1.82, 2.24) is 0 Å². The van der Waals surface area contributed by atoms with Crippen molar-refractivity contribution in [2.24, 2.45) is 0 Å². The van der Waals surface area contributed by atoms with Gasteiger partial charge in [-0.25, -0.2) is 0 Å². The van der Waals surface area contributed by atoms with Crippen LogP contribution in [-0.2, 0) is 0 Å². The minimum atomic E-state index is 0.885. The quantitative estimate of drug-likeness (QED) is 0.174. The number of nitrogens with zero attached hydrogens (tertiary/aromatic N) is 1. The first-order valence-electron chi connectivity index (χ1n) is 16.6. The average molecular weight is 644 g/mol. The number of fused-ring (bicyclic) bond motifs is 7. The highest BCUT2D eigenvalue weighted by atomic mass is 32.1. The van der Waals surface area contributed by atoms with Crippen LogP contribution in [0.2, 0.25) is 0 Å².